The molecule has 2 aromatic rings. The van der Waals surface area contributed by atoms with Gasteiger partial charge in [-0.3, -0.25) is 10.1 Å². The highest BCUT2D eigenvalue weighted by Gasteiger charge is 2.18. The van der Waals surface area contributed by atoms with Crippen molar-refractivity contribution in [2.45, 2.75) is 11.2 Å². The first kappa shape index (κ1) is 14.0. The molecule has 0 aliphatic carbocycles. The fraction of sp³-hybridized carbons (Fsp3) is 0.143. The average molecular weight is 341 g/mol. The molecule has 0 radical (unpaired) electrons. The SMILES string of the molecule is O=[N+]([O-])c1cc(Cl)ccc1CC(Br)c1ccccc1. The average Bonchev–Trinajstić information content (AvgIpc) is 2.41. The molecule has 0 aliphatic rings. The number of alkyl halides is 1. The lowest BCUT2D eigenvalue weighted by Crippen LogP contribution is -2.00. The molecule has 3 nitrogen and oxygen atoms in total. The third-order valence-corrected chi connectivity index (χ3v) is 3.89. The van der Waals surface area contributed by atoms with E-state index in [1.165, 1.54) is 6.07 Å². The third kappa shape index (κ3) is 3.55. The van der Waals surface area contributed by atoms with Crippen molar-refractivity contribution in [3.8, 4) is 0 Å². The molecule has 0 saturated carbocycles. The van der Waals surface area contributed by atoms with Crippen molar-refractivity contribution in [3.05, 3.63) is 74.8 Å². The first-order chi connectivity index (χ1) is 9.08. The molecular formula is C14H11BrClNO2. The largest absolute Gasteiger partial charge is 0.274 e. The van der Waals surface area contributed by atoms with Crippen LogP contribution in [0.25, 0.3) is 0 Å². The Balaban J connectivity index is 2.26. The number of nitro benzene ring substituents is 1. The van der Waals surface area contributed by atoms with Crippen LogP contribution in [0.15, 0.2) is 48.5 Å². The van der Waals surface area contributed by atoms with Crippen LogP contribution < -0.4 is 0 Å². The van der Waals surface area contributed by atoms with E-state index in [4.69, 9.17) is 11.6 Å². The molecule has 0 fully saturated rings. The minimum atomic E-state index is -0.397. The number of benzene rings is 2. The zero-order valence-corrected chi connectivity index (χ0v) is 12.3. The number of nitrogens with zero attached hydrogens (tertiary/aromatic N) is 1. The van der Waals surface area contributed by atoms with Crippen molar-refractivity contribution in [1.82, 2.24) is 0 Å². The second-order valence-corrected chi connectivity index (χ2v) is 5.65. The molecule has 2 aromatic carbocycles. The Bertz CT molecular complexity index is 589. The summed E-state index contributed by atoms with van der Waals surface area (Å²) in [5, 5.41) is 11.4. The molecule has 19 heavy (non-hydrogen) atoms. The molecule has 1 unspecified atom stereocenters. The van der Waals surface area contributed by atoms with Crippen LogP contribution in [0.5, 0.6) is 0 Å². The van der Waals surface area contributed by atoms with Crippen LogP contribution in [-0.4, -0.2) is 4.92 Å². The lowest BCUT2D eigenvalue weighted by molar-refractivity contribution is -0.385. The fourth-order valence-electron chi connectivity index (χ4n) is 1.85. The molecule has 1 atom stereocenters. The molecular weight excluding hydrogens is 330 g/mol. The number of hydrogen-bond donors (Lipinski definition) is 0. The second kappa shape index (κ2) is 6.17. The van der Waals surface area contributed by atoms with Crippen LogP contribution in [0, 0.1) is 10.1 Å². The summed E-state index contributed by atoms with van der Waals surface area (Å²) in [5.74, 6) is 0. The van der Waals surface area contributed by atoms with Crippen molar-refractivity contribution in [2.24, 2.45) is 0 Å². The maximum Gasteiger partial charge on any atom is 0.274 e. The predicted molar refractivity (Wildman–Crippen MR) is 79.9 cm³/mol. The van der Waals surface area contributed by atoms with Gasteiger partial charge in [0.25, 0.3) is 5.69 Å². The van der Waals surface area contributed by atoms with E-state index in [1.54, 1.807) is 12.1 Å². The maximum atomic E-state index is 11.0. The van der Waals surface area contributed by atoms with Crippen molar-refractivity contribution in [1.29, 1.82) is 0 Å². The Morgan fingerprint density at radius 2 is 1.89 bits per heavy atom. The van der Waals surface area contributed by atoms with Crippen molar-refractivity contribution < 1.29 is 4.92 Å². The summed E-state index contributed by atoms with van der Waals surface area (Å²) in [7, 11) is 0. The minimum Gasteiger partial charge on any atom is -0.258 e. The summed E-state index contributed by atoms with van der Waals surface area (Å²) in [6.07, 6.45) is 0.539. The van der Waals surface area contributed by atoms with Gasteiger partial charge in [0.1, 0.15) is 0 Å². The summed E-state index contributed by atoms with van der Waals surface area (Å²) in [5.41, 5.74) is 1.82. The minimum absolute atomic E-state index is 0.0357. The molecule has 0 spiro atoms. The number of halogens is 2. The molecule has 2 rings (SSSR count). The molecule has 5 heteroatoms. The van der Waals surface area contributed by atoms with Gasteiger partial charge in [-0.25, -0.2) is 0 Å². The van der Waals surface area contributed by atoms with Gasteiger partial charge in [0.15, 0.2) is 0 Å². The highest BCUT2D eigenvalue weighted by molar-refractivity contribution is 9.09. The normalized spacial score (nSPS) is 12.1. The predicted octanol–water partition coefficient (Wildman–Crippen LogP) is 4.93. The smallest absolute Gasteiger partial charge is 0.258 e. The summed E-state index contributed by atoms with van der Waals surface area (Å²) in [4.78, 5) is 10.7. The molecule has 0 aliphatic heterocycles. The van der Waals surface area contributed by atoms with Gasteiger partial charge in [0.2, 0.25) is 0 Å². The zero-order chi connectivity index (χ0) is 13.8. The van der Waals surface area contributed by atoms with Gasteiger partial charge in [-0.15, -0.1) is 0 Å². The van der Waals surface area contributed by atoms with E-state index in [-0.39, 0.29) is 10.5 Å². The van der Waals surface area contributed by atoms with Crippen LogP contribution in [0.1, 0.15) is 16.0 Å². The van der Waals surface area contributed by atoms with Gasteiger partial charge < -0.3 is 0 Å². The summed E-state index contributed by atoms with van der Waals surface area (Å²) in [6.45, 7) is 0. The van der Waals surface area contributed by atoms with Gasteiger partial charge in [-0.05, 0) is 18.1 Å². The van der Waals surface area contributed by atoms with E-state index in [9.17, 15) is 10.1 Å². The summed E-state index contributed by atoms with van der Waals surface area (Å²) in [6, 6.07) is 14.6. The van der Waals surface area contributed by atoms with Crippen LogP contribution in [0.3, 0.4) is 0 Å². The first-order valence-electron chi connectivity index (χ1n) is 5.70. The third-order valence-electron chi connectivity index (χ3n) is 2.80. The first-order valence-corrected chi connectivity index (χ1v) is 6.99. The lowest BCUT2D eigenvalue weighted by atomic mass is 10.0. The van der Waals surface area contributed by atoms with E-state index < -0.39 is 4.92 Å². The van der Waals surface area contributed by atoms with Gasteiger partial charge >= 0.3 is 0 Å². The van der Waals surface area contributed by atoms with Gasteiger partial charge in [0.05, 0.1) is 4.92 Å². The van der Waals surface area contributed by atoms with Crippen molar-refractivity contribution in [2.75, 3.05) is 0 Å². The van der Waals surface area contributed by atoms with Crippen molar-refractivity contribution >= 4 is 33.2 Å². The molecule has 0 N–H and O–H groups in total. The van der Waals surface area contributed by atoms with Crippen LogP contribution in [-0.2, 0) is 6.42 Å². The van der Waals surface area contributed by atoms with E-state index in [2.05, 4.69) is 15.9 Å². The van der Waals surface area contributed by atoms with E-state index >= 15 is 0 Å². The topological polar surface area (TPSA) is 43.1 Å². The van der Waals surface area contributed by atoms with Crippen LogP contribution in [0.4, 0.5) is 5.69 Å². The Labute approximate surface area is 124 Å². The van der Waals surface area contributed by atoms with Crippen LogP contribution in [0.2, 0.25) is 5.02 Å². The Kier molecular flexibility index (Phi) is 4.56. The van der Waals surface area contributed by atoms with E-state index in [1.807, 2.05) is 30.3 Å². The maximum absolute atomic E-state index is 11.0. The monoisotopic (exact) mass is 339 g/mol. The molecule has 0 bridgehead atoms. The highest BCUT2D eigenvalue weighted by Crippen LogP contribution is 2.32. The Morgan fingerprint density at radius 3 is 2.53 bits per heavy atom. The molecule has 0 heterocycles. The zero-order valence-electron chi connectivity index (χ0n) is 9.92. The van der Waals surface area contributed by atoms with E-state index in [0.717, 1.165) is 5.56 Å². The second-order valence-electron chi connectivity index (χ2n) is 4.11. The Morgan fingerprint density at radius 1 is 1.21 bits per heavy atom. The molecule has 0 saturated heterocycles. The number of hydrogen-bond acceptors (Lipinski definition) is 2. The van der Waals surface area contributed by atoms with Gasteiger partial charge in [0, 0.05) is 21.5 Å². The molecule has 0 amide bonds. The number of nitro groups is 1. The summed E-state index contributed by atoms with van der Waals surface area (Å²) >= 11 is 9.37. The molecule has 0 aromatic heterocycles. The quantitative estimate of drug-likeness (QED) is 0.450. The van der Waals surface area contributed by atoms with Crippen molar-refractivity contribution in [3.63, 3.8) is 0 Å². The molecule has 98 valence electrons. The lowest BCUT2D eigenvalue weighted by Gasteiger charge is -2.10. The Hall–Kier alpha value is -1.39. The fourth-order valence-corrected chi connectivity index (χ4v) is 2.67. The van der Waals surface area contributed by atoms with Crippen LogP contribution >= 0.6 is 27.5 Å². The van der Waals surface area contributed by atoms with Gasteiger partial charge in [-0.1, -0.05) is 63.9 Å². The van der Waals surface area contributed by atoms with E-state index in [0.29, 0.717) is 17.0 Å². The summed E-state index contributed by atoms with van der Waals surface area (Å²) < 4.78 is 0. The number of rotatable bonds is 4. The van der Waals surface area contributed by atoms with Gasteiger partial charge in [-0.2, -0.15) is 0 Å². The highest BCUT2D eigenvalue weighted by atomic mass is 79.9. The standard InChI is InChI=1S/C14H11BrClNO2/c15-13(10-4-2-1-3-5-10)8-11-6-7-12(16)9-14(11)17(18)19/h1-7,9,13H,8H2.